The molecule has 0 bridgehead atoms. The Morgan fingerprint density at radius 1 is 1.23 bits per heavy atom. The number of hydrogen-bond donors (Lipinski definition) is 4. The van der Waals surface area contributed by atoms with Crippen LogP contribution in [-0.4, -0.2) is 45.2 Å². The average molecular weight is 451 g/mol. The first-order valence-electron chi connectivity index (χ1n) is 9.09. The zero-order valence-electron chi connectivity index (χ0n) is 16.8. The van der Waals surface area contributed by atoms with Crippen LogP contribution in [0.2, 0.25) is 5.02 Å². The number of aliphatic hydroxyl groups excluding tert-OH is 1. The minimum atomic E-state index is -2.14. The monoisotopic (exact) mass is 450 g/mol. The quantitative estimate of drug-likeness (QED) is 0.428. The normalized spacial score (nSPS) is 12.3. The van der Waals surface area contributed by atoms with E-state index >= 15 is 0 Å². The summed E-state index contributed by atoms with van der Waals surface area (Å²) in [4.78, 5) is 23.9. The number of carbonyl (C=O) groups is 2. The van der Waals surface area contributed by atoms with Crippen molar-refractivity contribution < 1.29 is 34.0 Å². The number of aryl methyl sites for hydroxylation is 1. The second kappa shape index (κ2) is 8.54. The van der Waals surface area contributed by atoms with Gasteiger partial charge in [-0.25, -0.2) is 9.18 Å². The third kappa shape index (κ3) is 4.07. The molecule has 0 fully saturated rings. The van der Waals surface area contributed by atoms with Crippen molar-refractivity contribution in [1.29, 1.82) is 0 Å². The van der Waals surface area contributed by atoms with Gasteiger partial charge in [0.05, 0.1) is 23.2 Å². The van der Waals surface area contributed by atoms with Crippen molar-refractivity contribution in [3.8, 4) is 5.75 Å². The highest BCUT2D eigenvalue weighted by Crippen LogP contribution is 2.35. The van der Waals surface area contributed by atoms with Crippen molar-refractivity contribution in [3.05, 3.63) is 63.6 Å². The number of carbonyl (C=O) groups excluding carboxylic acids is 1. The minimum Gasteiger partial charge on any atom is -0.496 e. The van der Waals surface area contributed by atoms with E-state index in [1.54, 1.807) is 24.6 Å². The number of carboxylic acid groups (broad SMARTS) is 1. The smallest absolute Gasteiger partial charge is 0.335 e. The van der Waals surface area contributed by atoms with E-state index in [4.69, 9.17) is 21.4 Å². The number of aromatic carboxylic acids is 1. The van der Waals surface area contributed by atoms with Crippen LogP contribution in [0, 0.1) is 12.7 Å². The maximum Gasteiger partial charge on any atom is 0.335 e. The number of nitrogens with one attached hydrogen (secondary N) is 1. The fourth-order valence-electron chi connectivity index (χ4n) is 3.38. The van der Waals surface area contributed by atoms with E-state index in [9.17, 15) is 24.2 Å². The predicted molar refractivity (Wildman–Crippen MR) is 111 cm³/mol. The maximum atomic E-state index is 14.4. The van der Waals surface area contributed by atoms with Crippen LogP contribution < -0.4 is 10.1 Å². The largest absolute Gasteiger partial charge is 0.496 e. The lowest BCUT2D eigenvalue weighted by atomic mass is 10.0. The van der Waals surface area contributed by atoms with E-state index in [1.165, 1.54) is 13.2 Å². The topological polar surface area (TPSA) is 121 Å². The predicted octanol–water partition coefficient (Wildman–Crippen LogP) is 2.77. The minimum absolute atomic E-state index is 0.137. The summed E-state index contributed by atoms with van der Waals surface area (Å²) in [6, 6.07) is 4.63. The number of aromatic nitrogens is 1. The molecule has 0 aliphatic carbocycles. The zero-order chi connectivity index (χ0) is 23.0. The van der Waals surface area contributed by atoms with Crippen LogP contribution >= 0.6 is 11.6 Å². The molecule has 1 heterocycles. The number of halogens is 2. The second-order valence-electron chi connectivity index (χ2n) is 6.95. The molecule has 3 aromatic rings. The molecule has 0 spiro atoms. The van der Waals surface area contributed by atoms with Crippen LogP contribution in [0.25, 0.3) is 10.9 Å². The maximum absolute atomic E-state index is 14.4. The zero-order valence-corrected chi connectivity index (χ0v) is 17.6. The fourth-order valence-corrected chi connectivity index (χ4v) is 3.63. The van der Waals surface area contributed by atoms with Gasteiger partial charge < -0.3 is 29.9 Å². The van der Waals surface area contributed by atoms with Crippen LogP contribution in [0.4, 0.5) is 4.39 Å². The van der Waals surface area contributed by atoms with Gasteiger partial charge in [-0.05, 0) is 25.1 Å². The highest BCUT2D eigenvalue weighted by atomic mass is 35.5. The molecule has 0 saturated heterocycles. The molecule has 1 aromatic heterocycles. The summed E-state index contributed by atoms with van der Waals surface area (Å²) in [5.74, 6) is -2.52. The number of hydrogen-bond acceptors (Lipinski definition) is 5. The van der Waals surface area contributed by atoms with E-state index in [0.29, 0.717) is 27.2 Å². The third-order valence-corrected chi connectivity index (χ3v) is 5.59. The van der Waals surface area contributed by atoms with Gasteiger partial charge in [-0.3, -0.25) is 4.79 Å². The van der Waals surface area contributed by atoms with Gasteiger partial charge in [-0.15, -0.1) is 0 Å². The van der Waals surface area contributed by atoms with Crippen LogP contribution in [0.5, 0.6) is 5.75 Å². The molecule has 0 aliphatic rings. The van der Waals surface area contributed by atoms with Gasteiger partial charge in [0.25, 0.3) is 5.91 Å². The highest BCUT2D eigenvalue weighted by molar-refractivity contribution is 6.36. The number of amides is 1. The molecule has 0 saturated carbocycles. The van der Waals surface area contributed by atoms with Crippen molar-refractivity contribution in [2.45, 2.75) is 19.3 Å². The molecule has 31 heavy (non-hydrogen) atoms. The number of benzene rings is 2. The Balaban J connectivity index is 2.00. The molecule has 8 nitrogen and oxygen atoms in total. The number of rotatable bonds is 6. The van der Waals surface area contributed by atoms with Crippen molar-refractivity contribution in [1.82, 2.24) is 9.88 Å². The van der Waals surface area contributed by atoms with E-state index in [1.807, 2.05) is 0 Å². The van der Waals surface area contributed by atoms with E-state index in [2.05, 4.69) is 5.32 Å². The van der Waals surface area contributed by atoms with Crippen molar-refractivity contribution in [3.63, 3.8) is 0 Å². The standard InChI is InChI=1S/C21H20ClFN2O6/c1-9-16(31-3)8-14-12(17(9)22)7-15(25(14)2)19(26)24-18(21(29)30)11-5-4-10(20(27)28)6-13(11)23/h4-8,18,21,29-30H,1-3H3,(H,24,26)(H,27,28)/t18-/m0/s1. The van der Waals surface area contributed by atoms with E-state index in [-0.39, 0.29) is 16.8 Å². The number of methoxy groups -OCH3 is 1. The third-order valence-electron chi connectivity index (χ3n) is 5.10. The van der Waals surface area contributed by atoms with Crippen LogP contribution in [0.3, 0.4) is 0 Å². The van der Waals surface area contributed by atoms with Crippen LogP contribution in [0.1, 0.15) is 38.0 Å². The molecular formula is C21H20ClFN2O6. The Labute approximate surface area is 181 Å². The molecule has 2 aromatic carbocycles. The van der Waals surface area contributed by atoms with E-state index < -0.39 is 30.0 Å². The van der Waals surface area contributed by atoms with Gasteiger partial charge in [0, 0.05) is 29.6 Å². The number of nitrogens with zero attached hydrogens (tertiary/aromatic N) is 1. The fraction of sp³-hybridized carbons (Fsp3) is 0.238. The Bertz CT molecular complexity index is 1190. The number of fused-ring (bicyclic) bond motifs is 1. The lowest BCUT2D eigenvalue weighted by molar-refractivity contribution is -0.0668. The summed E-state index contributed by atoms with van der Waals surface area (Å²) in [5.41, 5.74) is 0.848. The molecule has 1 atom stereocenters. The molecule has 4 N–H and O–H groups in total. The number of aliphatic hydroxyl groups is 2. The summed E-state index contributed by atoms with van der Waals surface area (Å²) in [6.07, 6.45) is -2.14. The highest BCUT2D eigenvalue weighted by Gasteiger charge is 2.27. The van der Waals surface area contributed by atoms with Gasteiger partial charge in [0.2, 0.25) is 0 Å². The van der Waals surface area contributed by atoms with Gasteiger partial charge >= 0.3 is 5.97 Å². The summed E-state index contributed by atoms with van der Waals surface area (Å²) < 4.78 is 21.3. The molecule has 0 radical (unpaired) electrons. The Morgan fingerprint density at radius 2 is 1.90 bits per heavy atom. The Kier molecular flexibility index (Phi) is 6.21. The van der Waals surface area contributed by atoms with Gasteiger partial charge in [0.1, 0.15) is 23.3 Å². The lowest BCUT2D eigenvalue weighted by Crippen LogP contribution is -2.37. The van der Waals surface area contributed by atoms with Crippen molar-refractivity contribution in [2.75, 3.05) is 7.11 Å². The first-order valence-corrected chi connectivity index (χ1v) is 9.46. The first kappa shape index (κ1) is 22.5. The van der Waals surface area contributed by atoms with Gasteiger partial charge in [-0.2, -0.15) is 0 Å². The van der Waals surface area contributed by atoms with E-state index in [0.717, 1.165) is 18.2 Å². The number of ether oxygens (including phenoxy) is 1. The summed E-state index contributed by atoms with van der Waals surface area (Å²) >= 11 is 6.41. The lowest BCUT2D eigenvalue weighted by Gasteiger charge is -2.22. The summed E-state index contributed by atoms with van der Waals surface area (Å²) in [7, 11) is 3.12. The van der Waals surface area contributed by atoms with Crippen LogP contribution in [0.15, 0.2) is 30.3 Å². The van der Waals surface area contributed by atoms with Gasteiger partial charge in [0.15, 0.2) is 6.29 Å². The molecule has 0 aliphatic heterocycles. The van der Waals surface area contributed by atoms with Crippen molar-refractivity contribution >= 4 is 34.4 Å². The molecule has 0 unspecified atom stereocenters. The molecular weight excluding hydrogens is 431 g/mol. The number of carboxylic acids is 1. The molecule has 10 heteroatoms. The van der Waals surface area contributed by atoms with Crippen LogP contribution in [-0.2, 0) is 7.05 Å². The first-order chi connectivity index (χ1) is 14.6. The summed E-state index contributed by atoms with van der Waals surface area (Å²) in [6.45, 7) is 1.77. The summed E-state index contributed by atoms with van der Waals surface area (Å²) in [5, 5.41) is 31.8. The van der Waals surface area contributed by atoms with Crippen molar-refractivity contribution in [2.24, 2.45) is 7.05 Å². The molecule has 164 valence electrons. The van der Waals surface area contributed by atoms with Gasteiger partial charge in [-0.1, -0.05) is 17.7 Å². The second-order valence-corrected chi connectivity index (χ2v) is 7.32. The SMILES string of the molecule is COc1cc2c(cc(C(=O)N[C@@H](c3ccc(C(=O)O)cc3F)C(O)O)n2C)c(Cl)c1C. The Morgan fingerprint density at radius 3 is 2.45 bits per heavy atom. The molecule has 3 rings (SSSR count). The Hall–Kier alpha value is -3.14. The average Bonchev–Trinajstić information content (AvgIpc) is 3.05. The molecule has 1 amide bonds.